The van der Waals surface area contributed by atoms with E-state index in [9.17, 15) is 4.39 Å². The summed E-state index contributed by atoms with van der Waals surface area (Å²) in [5.41, 5.74) is 3.44. The van der Waals surface area contributed by atoms with Gasteiger partial charge in [0.2, 0.25) is 0 Å². The van der Waals surface area contributed by atoms with Crippen LogP contribution in [-0.2, 0) is 6.42 Å². The van der Waals surface area contributed by atoms with Gasteiger partial charge < -0.3 is 5.32 Å². The van der Waals surface area contributed by atoms with Crippen LogP contribution < -0.4 is 5.32 Å². The number of aromatic nitrogens is 1. The predicted molar refractivity (Wildman–Crippen MR) is 75.5 cm³/mol. The van der Waals surface area contributed by atoms with Gasteiger partial charge in [0, 0.05) is 18.4 Å². The molecule has 100 valence electrons. The highest BCUT2D eigenvalue weighted by atomic mass is 19.1. The molecule has 0 aliphatic carbocycles. The minimum atomic E-state index is -0.194. The zero-order valence-electron chi connectivity index (χ0n) is 11.4. The summed E-state index contributed by atoms with van der Waals surface area (Å²) in [6, 6.07) is 9.04. The van der Waals surface area contributed by atoms with E-state index in [0.29, 0.717) is 0 Å². The second kappa shape index (κ2) is 6.43. The molecule has 0 radical (unpaired) electrons. The van der Waals surface area contributed by atoms with Crippen LogP contribution in [0.25, 0.3) is 0 Å². The Morgan fingerprint density at radius 1 is 1.21 bits per heavy atom. The molecule has 0 fully saturated rings. The highest BCUT2D eigenvalue weighted by molar-refractivity contribution is 5.24. The first-order valence-corrected chi connectivity index (χ1v) is 6.58. The van der Waals surface area contributed by atoms with Crippen LogP contribution in [0.3, 0.4) is 0 Å². The lowest BCUT2D eigenvalue weighted by atomic mass is 9.99. The zero-order valence-corrected chi connectivity index (χ0v) is 11.4. The van der Waals surface area contributed by atoms with Gasteiger partial charge in [-0.2, -0.15) is 0 Å². The second-order valence-electron chi connectivity index (χ2n) is 4.74. The van der Waals surface area contributed by atoms with E-state index in [4.69, 9.17) is 0 Å². The maximum absolute atomic E-state index is 12.9. The van der Waals surface area contributed by atoms with Crippen molar-refractivity contribution in [2.75, 3.05) is 6.54 Å². The summed E-state index contributed by atoms with van der Waals surface area (Å²) >= 11 is 0. The van der Waals surface area contributed by atoms with Gasteiger partial charge in [0.1, 0.15) is 5.82 Å². The Morgan fingerprint density at radius 2 is 1.95 bits per heavy atom. The van der Waals surface area contributed by atoms with Gasteiger partial charge in [0.15, 0.2) is 0 Å². The number of benzene rings is 1. The normalized spacial score (nSPS) is 12.4. The third kappa shape index (κ3) is 3.86. The number of nitrogens with one attached hydrogen (secondary N) is 1. The molecule has 2 rings (SSSR count). The predicted octanol–water partition coefficient (Wildman–Crippen LogP) is 3.42. The molecule has 1 aromatic carbocycles. The van der Waals surface area contributed by atoms with Crippen molar-refractivity contribution in [3.05, 3.63) is 65.2 Å². The lowest BCUT2D eigenvalue weighted by Crippen LogP contribution is -2.23. The Morgan fingerprint density at radius 3 is 2.58 bits per heavy atom. The first-order chi connectivity index (χ1) is 9.19. The number of hydrogen-bond acceptors (Lipinski definition) is 2. The molecule has 1 unspecified atom stereocenters. The Balaban J connectivity index is 2.18. The summed E-state index contributed by atoms with van der Waals surface area (Å²) < 4.78 is 12.9. The molecular weight excluding hydrogens is 239 g/mol. The van der Waals surface area contributed by atoms with Crippen molar-refractivity contribution in [1.29, 1.82) is 0 Å². The van der Waals surface area contributed by atoms with Crippen molar-refractivity contribution in [2.45, 2.75) is 26.3 Å². The molecule has 1 atom stereocenters. The minimum Gasteiger partial charge on any atom is -0.310 e. The van der Waals surface area contributed by atoms with E-state index >= 15 is 0 Å². The van der Waals surface area contributed by atoms with Crippen LogP contribution in [0.15, 0.2) is 42.7 Å². The average Bonchev–Trinajstić information content (AvgIpc) is 2.41. The smallest absolute Gasteiger partial charge is 0.123 e. The van der Waals surface area contributed by atoms with E-state index in [1.807, 2.05) is 31.5 Å². The van der Waals surface area contributed by atoms with Crippen molar-refractivity contribution < 1.29 is 4.39 Å². The van der Waals surface area contributed by atoms with E-state index in [2.05, 4.69) is 23.3 Å². The Hall–Kier alpha value is -1.74. The molecule has 0 saturated heterocycles. The van der Waals surface area contributed by atoms with Gasteiger partial charge in [-0.25, -0.2) is 4.39 Å². The number of pyridine rings is 1. The number of halogens is 1. The van der Waals surface area contributed by atoms with Gasteiger partial charge in [0.05, 0.1) is 0 Å². The molecule has 0 aliphatic heterocycles. The molecule has 0 saturated carbocycles. The molecular formula is C16H19FN2. The molecule has 0 aliphatic rings. The number of nitrogens with zero attached hydrogens (tertiary/aromatic N) is 1. The number of hydrogen-bond donors (Lipinski definition) is 1. The Kier molecular flexibility index (Phi) is 4.63. The highest BCUT2D eigenvalue weighted by Gasteiger charge is 2.11. The Labute approximate surface area is 113 Å². The lowest BCUT2D eigenvalue weighted by Gasteiger charge is -2.18. The van der Waals surface area contributed by atoms with Crippen LogP contribution in [0.2, 0.25) is 0 Å². The number of likely N-dealkylation sites (N-methyl/N-ethyl adjacent to an activating group) is 1. The van der Waals surface area contributed by atoms with Gasteiger partial charge >= 0.3 is 0 Å². The first-order valence-electron chi connectivity index (χ1n) is 6.58. The standard InChI is InChI=1S/C16H19FN2/c1-3-19-16(14-8-12(2)10-18-11-14)9-13-4-6-15(17)7-5-13/h4-8,10-11,16,19H,3,9H2,1-2H3. The monoisotopic (exact) mass is 258 g/mol. The minimum absolute atomic E-state index is 0.194. The van der Waals surface area contributed by atoms with Crippen molar-refractivity contribution in [2.24, 2.45) is 0 Å². The van der Waals surface area contributed by atoms with Crippen molar-refractivity contribution in [3.63, 3.8) is 0 Å². The van der Waals surface area contributed by atoms with Gasteiger partial charge in [-0.15, -0.1) is 0 Å². The molecule has 2 aromatic rings. The van der Waals surface area contributed by atoms with Crippen LogP contribution in [0, 0.1) is 12.7 Å². The third-order valence-corrected chi connectivity index (χ3v) is 3.10. The van der Waals surface area contributed by atoms with Crippen molar-refractivity contribution in [1.82, 2.24) is 10.3 Å². The first kappa shape index (κ1) is 13.7. The molecule has 1 aromatic heterocycles. The molecule has 0 spiro atoms. The molecule has 0 bridgehead atoms. The third-order valence-electron chi connectivity index (χ3n) is 3.10. The van der Waals surface area contributed by atoms with E-state index in [1.165, 1.54) is 17.7 Å². The topological polar surface area (TPSA) is 24.9 Å². The fourth-order valence-electron chi connectivity index (χ4n) is 2.18. The second-order valence-corrected chi connectivity index (χ2v) is 4.74. The summed E-state index contributed by atoms with van der Waals surface area (Å²) in [4.78, 5) is 4.24. The zero-order chi connectivity index (χ0) is 13.7. The lowest BCUT2D eigenvalue weighted by molar-refractivity contribution is 0.547. The maximum Gasteiger partial charge on any atom is 0.123 e. The summed E-state index contributed by atoms with van der Waals surface area (Å²) in [6.45, 7) is 5.01. The van der Waals surface area contributed by atoms with Gasteiger partial charge in [0.25, 0.3) is 0 Å². The van der Waals surface area contributed by atoms with E-state index < -0.39 is 0 Å². The SMILES string of the molecule is CCNC(Cc1ccc(F)cc1)c1cncc(C)c1. The van der Waals surface area contributed by atoms with Crippen LogP contribution in [0.5, 0.6) is 0 Å². The molecule has 1 heterocycles. The average molecular weight is 258 g/mol. The van der Waals surface area contributed by atoms with Crippen LogP contribution >= 0.6 is 0 Å². The molecule has 0 amide bonds. The van der Waals surface area contributed by atoms with Crippen LogP contribution in [0.1, 0.15) is 29.7 Å². The summed E-state index contributed by atoms with van der Waals surface area (Å²) in [6.07, 6.45) is 4.58. The van der Waals surface area contributed by atoms with Crippen molar-refractivity contribution >= 4 is 0 Å². The van der Waals surface area contributed by atoms with Gasteiger partial charge in [-0.3, -0.25) is 4.98 Å². The van der Waals surface area contributed by atoms with Crippen LogP contribution in [-0.4, -0.2) is 11.5 Å². The van der Waals surface area contributed by atoms with Gasteiger partial charge in [-0.05, 0) is 48.7 Å². The maximum atomic E-state index is 12.9. The molecule has 1 N–H and O–H groups in total. The van der Waals surface area contributed by atoms with E-state index in [-0.39, 0.29) is 11.9 Å². The fourth-order valence-corrected chi connectivity index (χ4v) is 2.18. The van der Waals surface area contributed by atoms with Crippen molar-refractivity contribution in [3.8, 4) is 0 Å². The molecule has 3 heteroatoms. The molecule has 2 nitrogen and oxygen atoms in total. The number of aryl methyl sites for hydroxylation is 1. The summed E-state index contributed by atoms with van der Waals surface area (Å²) in [7, 11) is 0. The van der Waals surface area contributed by atoms with Crippen LogP contribution in [0.4, 0.5) is 4.39 Å². The fraction of sp³-hybridized carbons (Fsp3) is 0.312. The molecule has 19 heavy (non-hydrogen) atoms. The largest absolute Gasteiger partial charge is 0.310 e. The Bertz CT molecular complexity index is 523. The highest BCUT2D eigenvalue weighted by Crippen LogP contribution is 2.19. The van der Waals surface area contributed by atoms with E-state index in [1.54, 1.807) is 0 Å². The van der Waals surface area contributed by atoms with Gasteiger partial charge in [-0.1, -0.05) is 25.1 Å². The summed E-state index contributed by atoms with van der Waals surface area (Å²) in [5.74, 6) is -0.194. The number of rotatable bonds is 5. The summed E-state index contributed by atoms with van der Waals surface area (Å²) in [5, 5.41) is 3.46. The van der Waals surface area contributed by atoms with E-state index in [0.717, 1.165) is 24.1 Å². The quantitative estimate of drug-likeness (QED) is 0.888.